The second-order valence-electron chi connectivity index (χ2n) is 4.52. The molecule has 3 heterocycles. The summed E-state index contributed by atoms with van der Waals surface area (Å²) in [4.78, 5) is 15.5. The molecule has 7 heteroatoms. The maximum Gasteiger partial charge on any atom is 0.348 e. The molecule has 0 fully saturated rings. The molecule has 0 spiro atoms. The molecule has 0 bridgehead atoms. The summed E-state index contributed by atoms with van der Waals surface area (Å²) in [5, 5.41) is 12.8. The minimum atomic E-state index is -0.270. The lowest BCUT2D eigenvalue weighted by molar-refractivity contribution is 0.683. The number of aromatic amines is 1. The molecule has 1 aliphatic rings. The Morgan fingerprint density at radius 1 is 1.47 bits per heavy atom. The van der Waals surface area contributed by atoms with Crippen molar-refractivity contribution in [2.24, 2.45) is 0 Å². The van der Waals surface area contributed by atoms with Gasteiger partial charge in [-0.3, -0.25) is 0 Å². The lowest BCUT2D eigenvalue weighted by atomic mass is 10.1. The van der Waals surface area contributed by atoms with Gasteiger partial charge in [0.25, 0.3) is 0 Å². The van der Waals surface area contributed by atoms with Gasteiger partial charge in [-0.05, 0) is 19.4 Å². The fraction of sp³-hybridized carbons (Fsp3) is 0.417. The van der Waals surface area contributed by atoms with E-state index in [0.717, 1.165) is 38.3 Å². The number of hydrogen-bond donors (Lipinski definition) is 3. The van der Waals surface area contributed by atoms with Crippen molar-refractivity contribution < 1.29 is 0 Å². The van der Waals surface area contributed by atoms with Crippen LogP contribution in [0.4, 0.5) is 5.82 Å². The predicted octanol–water partition coefficient (Wildman–Crippen LogP) is 0.139. The number of fused-ring (bicyclic) bond motifs is 1. The summed E-state index contributed by atoms with van der Waals surface area (Å²) in [6.45, 7) is 2.87. The maximum absolute atomic E-state index is 11.3. The largest absolute Gasteiger partial charge is 0.370 e. The monoisotopic (exact) mass is 260 g/mol. The molecule has 0 saturated heterocycles. The fourth-order valence-corrected chi connectivity index (χ4v) is 2.15. The lowest BCUT2D eigenvalue weighted by Crippen LogP contribution is -2.21. The molecule has 0 atom stereocenters. The maximum atomic E-state index is 11.3. The molecule has 19 heavy (non-hydrogen) atoms. The topological polar surface area (TPSA) is 87.1 Å². The number of nitrogens with one attached hydrogen (secondary N) is 3. The summed E-state index contributed by atoms with van der Waals surface area (Å²) >= 11 is 0. The van der Waals surface area contributed by atoms with Crippen molar-refractivity contribution >= 4 is 11.5 Å². The molecule has 3 N–H and O–H groups in total. The van der Waals surface area contributed by atoms with Gasteiger partial charge in [-0.15, -0.1) is 0 Å². The Bertz CT molecular complexity index is 656. The molecule has 7 nitrogen and oxygen atoms in total. The van der Waals surface area contributed by atoms with E-state index in [-0.39, 0.29) is 5.69 Å². The fourth-order valence-electron chi connectivity index (χ4n) is 2.15. The summed E-state index contributed by atoms with van der Waals surface area (Å²) in [6, 6.07) is 1.76. The van der Waals surface area contributed by atoms with Crippen molar-refractivity contribution in [1.82, 2.24) is 24.9 Å². The Balaban J connectivity index is 1.62. The second-order valence-corrected chi connectivity index (χ2v) is 4.52. The quantitative estimate of drug-likeness (QED) is 0.681. The van der Waals surface area contributed by atoms with E-state index >= 15 is 0 Å². The van der Waals surface area contributed by atoms with E-state index in [2.05, 4.69) is 31.9 Å². The predicted molar refractivity (Wildman–Crippen MR) is 72.3 cm³/mol. The van der Waals surface area contributed by atoms with E-state index in [1.807, 2.05) is 0 Å². The third kappa shape index (κ3) is 2.65. The van der Waals surface area contributed by atoms with Crippen LogP contribution in [0.25, 0.3) is 5.65 Å². The molecule has 100 valence electrons. The van der Waals surface area contributed by atoms with E-state index < -0.39 is 0 Å². The van der Waals surface area contributed by atoms with Crippen molar-refractivity contribution in [3.05, 3.63) is 34.5 Å². The van der Waals surface area contributed by atoms with E-state index in [0.29, 0.717) is 5.65 Å². The van der Waals surface area contributed by atoms with Gasteiger partial charge in [0.2, 0.25) is 0 Å². The van der Waals surface area contributed by atoms with Gasteiger partial charge in [-0.25, -0.2) is 19.3 Å². The summed E-state index contributed by atoms with van der Waals surface area (Å²) < 4.78 is 1.38. The van der Waals surface area contributed by atoms with E-state index in [1.54, 1.807) is 6.07 Å². The zero-order valence-corrected chi connectivity index (χ0v) is 10.5. The van der Waals surface area contributed by atoms with Crippen LogP contribution in [-0.4, -0.2) is 39.2 Å². The van der Waals surface area contributed by atoms with Crippen LogP contribution in [0.2, 0.25) is 0 Å². The third-order valence-electron chi connectivity index (χ3n) is 3.22. The Kier molecular flexibility index (Phi) is 3.28. The molecule has 0 aliphatic carbocycles. The van der Waals surface area contributed by atoms with E-state index in [1.165, 1.54) is 16.3 Å². The van der Waals surface area contributed by atoms with Crippen LogP contribution in [0.3, 0.4) is 0 Å². The minimum absolute atomic E-state index is 0.270. The van der Waals surface area contributed by atoms with Crippen molar-refractivity contribution in [2.75, 3.05) is 25.0 Å². The first-order valence-corrected chi connectivity index (χ1v) is 6.38. The summed E-state index contributed by atoms with van der Waals surface area (Å²) in [6.07, 6.45) is 5.85. The molecule has 0 aromatic carbocycles. The first-order chi connectivity index (χ1) is 9.33. The van der Waals surface area contributed by atoms with Crippen molar-refractivity contribution in [3.63, 3.8) is 0 Å². The number of hydrogen-bond acceptors (Lipinski definition) is 5. The van der Waals surface area contributed by atoms with Gasteiger partial charge in [0.15, 0.2) is 5.65 Å². The normalized spacial score (nSPS) is 15.5. The molecular formula is C12H16N6O. The molecule has 0 amide bonds. The van der Waals surface area contributed by atoms with Crippen LogP contribution in [-0.2, 0) is 0 Å². The zero-order chi connectivity index (χ0) is 13.1. The highest BCUT2D eigenvalue weighted by Gasteiger charge is 2.04. The van der Waals surface area contributed by atoms with Gasteiger partial charge in [0, 0.05) is 19.2 Å². The number of H-pyrrole nitrogens is 1. The molecule has 2 aromatic rings. The van der Waals surface area contributed by atoms with Crippen molar-refractivity contribution in [1.29, 1.82) is 0 Å². The standard InChI is InChI=1S/C12H16N6O/c19-12-17-16-11-7-10(15-8-18(11)12)14-6-3-9-1-4-13-5-2-9/h1,7-8,13-14H,2-6H2,(H,17,19). The average Bonchev–Trinajstić information content (AvgIpc) is 2.81. The molecule has 1 aliphatic heterocycles. The van der Waals surface area contributed by atoms with Gasteiger partial charge in [-0.1, -0.05) is 11.6 Å². The SMILES string of the molecule is O=c1[nH]nc2cc(NCCC3=CCNCC3)ncn12. The number of anilines is 1. The van der Waals surface area contributed by atoms with Gasteiger partial charge in [0.05, 0.1) is 0 Å². The van der Waals surface area contributed by atoms with E-state index in [4.69, 9.17) is 0 Å². The van der Waals surface area contributed by atoms with Gasteiger partial charge in [-0.2, -0.15) is 5.10 Å². The van der Waals surface area contributed by atoms with Crippen LogP contribution < -0.4 is 16.3 Å². The number of nitrogens with zero attached hydrogens (tertiary/aromatic N) is 3. The summed E-state index contributed by atoms with van der Waals surface area (Å²) in [5.74, 6) is 0.737. The van der Waals surface area contributed by atoms with Crippen LogP contribution in [0, 0.1) is 0 Å². The smallest absolute Gasteiger partial charge is 0.348 e. The molecule has 0 saturated carbocycles. The van der Waals surface area contributed by atoms with Crippen molar-refractivity contribution in [2.45, 2.75) is 12.8 Å². The highest BCUT2D eigenvalue weighted by molar-refractivity contribution is 5.48. The Hall–Kier alpha value is -2.15. The average molecular weight is 260 g/mol. The lowest BCUT2D eigenvalue weighted by Gasteiger charge is -2.14. The minimum Gasteiger partial charge on any atom is -0.370 e. The Morgan fingerprint density at radius 3 is 3.26 bits per heavy atom. The Labute approximate surface area is 109 Å². The third-order valence-corrected chi connectivity index (χ3v) is 3.22. The number of aromatic nitrogens is 4. The summed E-state index contributed by atoms with van der Waals surface area (Å²) in [5.41, 5.74) is 1.78. The molecule has 0 unspecified atom stereocenters. The van der Waals surface area contributed by atoms with Gasteiger partial charge < -0.3 is 10.6 Å². The molecule has 2 aromatic heterocycles. The highest BCUT2D eigenvalue weighted by Crippen LogP contribution is 2.10. The number of rotatable bonds is 4. The second kappa shape index (κ2) is 5.23. The molecular weight excluding hydrogens is 244 g/mol. The first-order valence-electron chi connectivity index (χ1n) is 6.38. The zero-order valence-electron chi connectivity index (χ0n) is 10.5. The van der Waals surface area contributed by atoms with Crippen molar-refractivity contribution in [3.8, 4) is 0 Å². The van der Waals surface area contributed by atoms with Gasteiger partial charge in [0.1, 0.15) is 12.1 Å². The first kappa shape index (κ1) is 11.9. The van der Waals surface area contributed by atoms with Crippen LogP contribution in [0.1, 0.15) is 12.8 Å². The molecule has 0 radical (unpaired) electrons. The van der Waals surface area contributed by atoms with Gasteiger partial charge >= 0.3 is 5.69 Å². The highest BCUT2D eigenvalue weighted by atomic mass is 16.1. The molecule has 3 rings (SSSR count). The van der Waals surface area contributed by atoms with Crippen LogP contribution in [0.15, 0.2) is 28.8 Å². The van der Waals surface area contributed by atoms with E-state index in [9.17, 15) is 4.79 Å². The summed E-state index contributed by atoms with van der Waals surface area (Å²) in [7, 11) is 0. The van der Waals surface area contributed by atoms with Crippen LogP contribution >= 0.6 is 0 Å². The van der Waals surface area contributed by atoms with Crippen LogP contribution in [0.5, 0.6) is 0 Å². The Morgan fingerprint density at radius 2 is 2.42 bits per heavy atom.